The minimum Gasteiger partial charge on any atom is -0.478 e. The zero-order valence-corrected chi connectivity index (χ0v) is 11.6. The van der Waals surface area contributed by atoms with E-state index in [1.165, 1.54) is 30.2 Å². The Morgan fingerprint density at radius 3 is 2.67 bits per heavy atom. The predicted molar refractivity (Wildman–Crippen MR) is 68.6 cm³/mol. The average Bonchev–Trinajstić information content (AvgIpc) is 2.70. The number of furan rings is 1. The highest BCUT2D eigenvalue weighted by atomic mass is 79.9. The molecule has 0 radical (unpaired) electrons. The lowest BCUT2D eigenvalue weighted by Gasteiger charge is -2.06. The molecule has 0 atom stereocenters. The molecule has 0 amide bonds. The third-order valence-electron chi connectivity index (χ3n) is 2.31. The number of carbonyl (C=O) groups is 1. The van der Waals surface area contributed by atoms with Gasteiger partial charge in [-0.3, -0.25) is 0 Å². The van der Waals surface area contributed by atoms with Crippen LogP contribution in [0.3, 0.4) is 0 Å². The zero-order chi connectivity index (χ0) is 13.3. The number of benzene rings is 1. The Kier molecular flexibility index (Phi) is 3.77. The van der Waals surface area contributed by atoms with Gasteiger partial charge in [0.05, 0.1) is 21.2 Å². The maximum absolute atomic E-state index is 14.0. The van der Waals surface area contributed by atoms with Crippen LogP contribution in [0.5, 0.6) is 0 Å². The normalized spacial score (nSPS) is 10.6. The summed E-state index contributed by atoms with van der Waals surface area (Å²) in [4.78, 5) is 12.0. The van der Waals surface area contributed by atoms with Crippen molar-refractivity contribution in [2.75, 3.05) is 0 Å². The Labute approximate surface area is 115 Å². The molecule has 0 aliphatic carbocycles. The van der Waals surface area contributed by atoms with Crippen molar-refractivity contribution in [2.24, 2.45) is 0 Å². The first-order chi connectivity index (χ1) is 8.50. The summed E-state index contributed by atoms with van der Waals surface area (Å²) in [6.45, 7) is 1.78. The molecule has 1 heterocycles. The van der Waals surface area contributed by atoms with E-state index in [9.17, 15) is 9.18 Å². The van der Waals surface area contributed by atoms with Gasteiger partial charge in [0.1, 0.15) is 5.76 Å². The molecule has 0 unspecified atom stereocenters. The number of aromatic carboxylic acids is 1. The SMILES string of the molecule is Cc1occc1Sc1ccc(C(=O)O)c(Br)c1F. The number of aryl methyl sites for hydroxylation is 1. The molecule has 1 N–H and O–H groups in total. The first-order valence-corrected chi connectivity index (χ1v) is 6.55. The molecule has 1 aromatic heterocycles. The lowest BCUT2D eigenvalue weighted by Crippen LogP contribution is -2.00. The van der Waals surface area contributed by atoms with Gasteiger partial charge in [0.25, 0.3) is 0 Å². The standard InChI is InChI=1S/C12H8BrFO3S/c1-6-8(4-5-17-6)18-9-3-2-7(12(15)16)10(13)11(9)14/h2-5H,1H3,(H,15,16). The van der Waals surface area contributed by atoms with Crippen LogP contribution in [-0.2, 0) is 0 Å². The number of carboxylic acid groups (broad SMARTS) is 1. The number of rotatable bonds is 3. The summed E-state index contributed by atoms with van der Waals surface area (Å²) in [5.74, 6) is -1.06. The van der Waals surface area contributed by atoms with Crippen molar-refractivity contribution in [1.82, 2.24) is 0 Å². The summed E-state index contributed by atoms with van der Waals surface area (Å²) in [5.41, 5.74) is -0.0965. The van der Waals surface area contributed by atoms with Crippen LogP contribution in [0.2, 0.25) is 0 Å². The summed E-state index contributed by atoms with van der Waals surface area (Å²) in [5, 5.41) is 8.86. The number of halogens is 2. The van der Waals surface area contributed by atoms with Gasteiger partial charge < -0.3 is 9.52 Å². The number of carboxylic acids is 1. The molecule has 0 aliphatic heterocycles. The zero-order valence-electron chi connectivity index (χ0n) is 9.24. The number of hydrogen-bond acceptors (Lipinski definition) is 3. The molecule has 0 spiro atoms. The summed E-state index contributed by atoms with van der Waals surface area (Å²) < 4.78 is 19.1. The van der Waals surface area contributed by atoms with Gasteiger partial charge in [-0.1, -0.05) is 11.8 Å². The van der Waals surface area contributed by atoms with Crippen LogP contribution in [0, 0.1) is 12.7 Å². The van der Waals surface area contributed by atoms with Gasteiger partial charge in [-0.2, -0.15) is 0 Å². The highest BCUT2D eigenvalue weighted by molar-refractivity contribution is 9.10. The van der Waals surface area contributed by atoms with Crippen LogP contribution in [0.25, 0.3) is 0 Å². The molecule has 18 heavy (non-hydrogen) atoms. The smallest absolute Gasteiger partial charge is 0.336 e. The summed E-state index contributed by atoms with van der Waals surface area (Å²) >= 11 is 4.15. The third kappa shape index (κ3) is 2.44. The fourth-order valence-electron chi connectivity index (χ4n) is 1.37. The fraction of sp³-hybridized carbons (Fsp3) is 0.0833. The van der Waals surface area contributed by atoms with Crippen molar-refractivity contribution in [3.05, 3.63) is 46.1 Å². The van der Waals surface area contributed by atoms with Gasteiger partial charge >= 0.3 is 5.97 Å². The van der Waals surface area contributed by atoms with Crippen LogP contribution in [0.15, 0.2) is 43.1 Å². The molecule has 0 saturated carbocycles. The highest BCUT2D eigenvalue weighted by Crippen LogP contribution is 2.36. The minimum atomic E-state index is -1.17. The second kappa shape index (κ2) is 5.16. The van der Waals surface area contributed by atoms with E-state index >= 15 is 0 Å². The monoisotopic (exact) mass is 330 g/mol. The second-order valence-electron chi connectivity index (χ2n) is 3.49. The van der Waals surface area contributed by atoms with Gasteiger partial charge in [0, 0.05) is 4.90 Å². The Morgan fingerprint density at radius 1 is 1.39 bits per heavy atom. The molecule has 3 nitrogen and oxygen atoms in total. The van der Waals surface area contributed by atoms with E-state index in [0.717, 1.165) is 4.90 Å². The van der Waals surface area contributed by atoms with Crippen molar-refractivity contribution in [2.45, 2.75) is 16.7 Å². The van der Waals surface area contributed by atoms with Crippen LogP contribution >= 0.6 is 27.7 Å². The minimum absolute atomic E-state index is 0.0406. The lowest BCUT2D eigenvalue weighted by atomic mass is 10.2. The van der Waals surface area contributed by atoms with Gasteiger partial charge in [0.2, 0.25) is 0 Å². The molecule has 0 aliphatic rings. The Bertz CT molecular complexity index is 609. The molecular formula is C12H8BrFO3S. The van der Waals surface area contributed by atoms with E-state index in [0.29, 0.717) is 10.7 Å². The van der Waals surface area contributed by atoms with E-state index < -0.39 is 11.8 Å². The maximum Gasteiger partial charge on any atom is 0.336 e. The lowest BCUT2D eigenvalue weighted by molar-refractivity contribution is 0.0695. The van der Waals surface area contributed by atoms with Gasteiger partial charge in [0.15, 0.2) is 5.82 Å². The van der Waals surface area contributed by atoms with E-state index in [-0.39, 0.29) is 10.0 Å². The van der Waals surface area contributed by atoms with Crippen molar-refractivity contribution in [3.63, 3.8) is 0 Å². The van der Waals surface area contributed by atoms with Gasteiger partial charge in [-0.15, -0.1) is 0 Å². The van der Waals surface area contributed by atoms with Crippen molar-refractivity contribution in [3.8, 4) is 0 Å². The molecular weight excluding hydrogens is 323 g/mol. The largest absolute Gasteiger partial charge is 0.478 e. The molecule has 1 aromatic carbocycles. The summed E-state index contributed by atoms with van der Waals surface area (Å²) in [6, 6.07) is 4.55. The van der Waals surface area contributed by atoms with Gasteiger partial charge in [-0.25, -0.2) is 9.18 Å². The van der Waals surface area contributed by atoms with Crippen LogP contribution in [-0.4, -0.2) is 11.1 Å². The van der Waals surface area contributed by atoms with Crippen LogP contribution in [0.1, 0.15) is 16.1 Å². The van der Waals surface area contributed by atoms with E-state index in [1.807, 2.05) is 0 Å². The molecule has 6 heteroatoms. The predicted octanol–water partition coefficient (Wildman–Crippen LogP) is 4.34. The highest BCUT2D eigenvalue weighted by Gasteiger charge is 2.17. The van der Waals surface area contributed by atoms with Gasteiger partial charge in [-0.05, 0) is 41.1 Å². The summed E-state index contributed by atoms with van der Waals surface area (Å²) in [7, 11) is 0. The molecule has 0 fully saturated rings. The van der Waals surface area contributed by atoms with Crippen LogP contribution in [0.4, 0.5) is 4.39 Å². The molecule has 2 aromatic rings. The van der Waals surface area contributed by atoms with Crippen molar-refractivity contribution < 1.29 is 18.7 Å². The third-order valence-corrected chi connectivity index (χ3v) is 4.26. The Hall–Kier alpha value is -1.27. The Morgan fingerprint density at radius 2 is 2.11 bits per heavy atom. The molecule has 0 saturated heterocycles. The topological polar surface area (TPSA) is 50.4 Å². The molecule has 0 bridgehead atoms. The van der Waals surface area contributed by atoms with Crippen LogP contribution < -0.4 is 0 Å². The van der Waals surface area contributed by atoms with E-state index in [4.69, 9.17) is 9.52 Å². The maximum atomic E-state index is 14.0. The first-order valence-electron chi connectivity index (χ1n) is 4.94. The number of hydrogen-bond donors (Lipinski definition) is 1. The first kappa shape index (κ1) is 13.2. The van der Waals surface area contributed by atoms with Crippen molar-refractivity contribution >= 4 is 33.7 Å². The quantitative estimate of drug-likeness (QED) is 0.909. The average molecular weight is 331 g/mol. The summed E-state index contributed by atoms with van der Waals surface area (Å²) in [6.07, 6.45) is 1.52. The molecule has 94 valence electrons. The second-order valence-corrected chi connectivity index (χ2v) is 5.36. The Balaban J connectivity index is 2.39. The van der Waals surface area contributed by atoms with Crippen molar-refractivity contribution in [1.29, 1.82) is 0 Å². The van der Waals surface area contributed by atoms with E-state index in [2.05, 4.69) is 15.9 Å². The fourth-order valence-corrected chi connectivity index (χ4v) is 2.90. The molecule has 2 rings (SSSR count). The van der Waals surface area contributed by atoms with E-state index in [1.54, 1.807) is 13.0 Å².